The molecule has 1 N–H and O–H groups in total. The van der Waals surface area contributed by atoms with Crippen molar-refractivity contribution in [2.75, 3.05) is 12.0 Å². The molecule has 0 aliphatic heterocycles. The average Bonchev–Trinajstić information content (AvgIpc) is 2.17. The Bertz CT molecular complexity index is 421. The van der Waals surface area contributed by atoms with E-state index in [0.717, 1.165) is 5.03 Å². The lowest BCUT2D eigenvalue weighted by atomic mass is 10.7. The number of rotatable bonds is 3. The highest BCUT2D eigenvalue weighted by Gasteiger charge is 1.99. The second-order valence-electron chi connectivity index (χ2n) is 2.15. The van der Waals surface area contributed by atoms with Gasteiger partial charge in [0.25, 0.3) is 5.56 Å². The zero-order chi connectivity index (χ0) is 10.4. The molecule has 0 aromatic carbocycles. The van der Waals surface area contributed by atoms with Gasteiger partial charge in [-0.05, 0) is 10.2 Å². The Hall–Kier alpha value is -0.130. The number of hydrogen-bond donors (Lipinski definition) is 1. The van der Waals surface area contributed by atoms with E-state index >= 15 is 0 Å². The van der Waals surface area contributed by atoms with Gasteiger partial charge in [-0.25, -0.2) is 4.98 Å². The maximum atomic E-state index is 11.1. The second-order valence-corrected chi connectivity index (χ2v) is 4.48. The minimum atomic E-state index is -0.116. The highest BCUT2D eigenvalue weighted by atomic mass is 127. The van der Waals surface area contributed by atoms with E-state index in [9.17, 15) is 4.79 Å². The van der Waals surface area contributed by atoms with Gasteiger partial charge in [-0.3, -0.25) is 4.79 Å². The molecule has 74 valence electrons. The van der Waals surface area contributed by atoms with Crippen LogP contribution in [0.4, 0.5) is 0 Å². The van der Waals surface area contributed by atoms with Crippen LogP contribution in [0.2, 0.25) is 0 Å². The molecule has 0 aliphatic carbocycles. The third-order valence-electron chi connectivity index (χ3n) is 1.25. The van der Waals surface area contributed by atoms with Crippen LogP contribution < -0.4 is 5.56 Å². The van der Waals surface area contributed by atoms with Gasteiger partial charge in [0.15, 0.2) is 5.16 Å². The molecule has 1 aromatic heterocycles. The van der Waals surface area contributed by atoms with Crippen molar-refractivity contribution in [3.8, 4) is 9.85 Å². The zero-order valence-electron chi connectivity index (χ0n) is 7.33. The molecular formula is C8H7IN2OS2. The van der Waals surface area contributed by atoms with Crippen LogP contribution in [0.3, 0.4) is 0 Å². The Balaban J connectivity index is 2.79. The van der Waals surface area contributed by atoms with Gasteiger partial charge in [0.1, 0.15) is 5.03 Å². The van der Waals surface area contributed by atoms with Crippen molar-refractivity contribution in [3.05, 3.63) is 16.4 Å². The predicted octanol–water partition coefficient (Wildman–Crippen LogP) is 1.98. The molecule has 0 fully saturated rings. The lowest BCUT2D eigenvalue weighted by Gasteiger charge is -1.98. The van der Waals surface area contributed by atoms with Crippen LogP contribution in [0.25, 0.3) is 0 Å². The van der Waals surface area contributed by atoms with Crippen molar-refractivity contribution in [3.63, 3.8) is 0 Å². The van der Waals surface area contributed by atoms with Crippen molar-refractivity contribution >= 4 is 46.1 Å². The lowest BCUT2D eigenvalue weighted by molar-refractivity contribution is 0.869. The lowest BCUT2D eigenvalue weighted by Crippen LogP contribution is -2.07. The van der Waals surface area contributed by atoms with E-state index in [1.807, 2.05) is 28.8 Å². The third-order valence-corrected chi connectivity index (χ3v) is 3.00. The highest BCUT2D eigenvalue weighted by molar-refractivity contribution is 14.1. The quantitative estimate of drug-likeness (QED) is 0.301. The summed E-state index contributed by atoms with van der Waals surface area (Å²) in [5.41, 5.74) is -0.116. The van der Waals surface area contributed by atoms with E-state index in [2.05, 4.69) is 19.8 Å². The number of thioether (sulfide) groups is 2. The van der Waals surface area contributed by atoms with E-state index in [1.54, 1.807) is 0 Å². The summed E-state index contributed by atoms with van der Waals surface area (Å²) < 4.78 is 2.76. The SMILES string of the molecule is CSc1nc(SCC#CI)cc(=O)[nH]1. The summed E-state index contributed by atoms with van der Waals surface area (Å²) in [6.45, 7) is 0. The largest absolute Gasteiger partial charge is 0.301 e. The number of H-pyrrole nitrogens is 1. The summed E-state index contributed by atoms with van der Waals surface area (Å²) in [7, 11) is 0. The molecule has 6 heteroatoms. The van der Waals surface area contributed by atoms with E-state index in [-0.39, 0.29) is 5.56 Å². The summed E-state index contributed by atoms with van der Waals surface area (Å²) in [6, 6.07) is 1.49. The fourth-order valence-electron chi connectivity index (χ4n) is 0.722. The van der Waals surface area contributed by atoms with Crippen LogP contribution in [-0.4, -0.2) is 22.0 Å². The molecule has 0 saturated heterocycles. The monoisotopic (exact) mass is 338 g/mol. The summed E-state index contributed by atoms with van der Waals surface area (Å²) in [6.07, 6.45) is 1.87. The van der Waals surface area contributed by atoms with E-state index < -0.39 is 0 Å². The first kappa shape index (κ1) is 11.9. The molecular weight excluding hydrogens is 331 g/mol. The molecule has 0 amide bonds. The minimum absolute atomic E-state index is 0.116. The summed E-state index contributed by atoms with van der Waals surface area (Å²) in [5.74, 6) is 3.55. The smallest absolute Gasteiger partial charge is 0.252 e. The van der Waals surface area contributed by atoms with Crippen molar-refractivity contribution in [1.29, 1.82) is 0 Å². The number of nitrogens with zero attached hydrogens (tertiary/aromatic N) is 1. The fraction of sp³-hybridized carbons (Fsp3) is 0.250. The summed E-state index contributed by atoms with van der Waals surface area (Å²) >= 11 is 4.87. The van der Waals surface area contributed by atoms with Crippen molar-refractivity contribution in [2.45, 2.75) is 10.2 Å². The van der Waals surface area contributed by atoms with Gasteiger partial charge in [-0.2, -0.15) is 0 Å². The Labute approximate surface area is 104 Å². The van der Waals surface area contributed by atoms with E-state index in [1.165, 1.54) is 29.6 Å². The number of hydrogen-bond acceptors (Lipinski definition) is 4. The number of aromatic nitrogens is 2. The van der Waals surface area contributed by atoms with Crippen LogP contribution >= 0.6 is 46.1 Å². The van der Waals surface area contributed by atoms with Crippen LogP contribution in [0, 0.1) is 9.85 Å². The molecule has 0 atom stereocenters. The average molecular weight is 338 g/mol. The van der Waals surface area contributed by atoms with Gasteiger partial charge in [-0.1, -0.05) is 29.4 Å². The van der Waals surface area contributed by atoms with Gasteiger partial charge in [-0.15, -0.1) is 0 Å². The topological polar surface area (TPSA) is 45.8 Å². The number of nitrogens with one attached hydrogen (secondary N) is 1. The van der Waals surface area contributed by atoms with Gasteiger partial charge in [0.05, 0.1) is 5.75 Å². The molecule has 0 radical (unpaired) electrons. The third kappa shape index (κ3) is 3.94. The molecule has 0 spiro atoms. The van der Waals surface area contributed by atoms with Gasteiger partial charge >= 0.3 is 0 Å². The van der Waals surface area contributed by atoms with Gasteiger partial charge in [0, 0.05) is 28.7 Å². The fourth-order valence-corrected chi connectivity index (χ4v) is 2.26. The van der Waals surface area contributed by atoms with Gasteiger partial charge in [0.2, 0.25) is 0 Å². The molecule has 0 bridgehead atoms. The first-order valence-corrected chi connectivity index (χ1v) is 6.92. The molecule has 0 unspecified atom stereocenters. The van der Waals surface area contributed by atoms with Crippen LogP contribution in [-0.2, 0) is 0 Å². The first-order chi connectivity index (χ1) is 6.76. The van der Waals surface area contributed by atoms with E-state index in [0.29, 0.717) is 10.9 Å². The van der Waals surface area contributed by atoms with Crippen molar-refractivity contribution in [2.24, 2.45) is 0 Å². The standard InChI is InChI=1S/C8H7IN2OS2/c1-13-8-10-6(12)5-7(11-8)14-4-2-3-9/h5H,4H2,1H3,(H,10,11,12). The maximum Gasteiger partial charge on any atom is 0.252 e. The Kier molecular flexibility index (Phi) is 5.44. The second kappa shape index (κ2) is 6.37. The van der Waals surface area contributed by atoms with Crippen LogP contribution in [0.1, 0.15) is 0 Å². The molecule has 1 heterocycles. The Morgan fingerprint density at radius 1 is 1.71 bits per heavy atom. The Morgan fingerprint density at radius 2 is 2.50 bits per heavy atom. The molecule has 0 aliphatic rings. The van der Waals surface area contributed by atoms with Crippen LogP contribution in [0.15, 0.2) is 21.0 Å². The number of aromatic amines is 1. The predicted molar refractivity (Wildman–Crippen MR) is 69.2 cm³/mol. The maximum absolute atomic E-state index is 11.1. The first-order valence-electron chi connectivity index (χ1n) is 3.63. The van der Waals surface area contributed by atoms with Crippen molar-refractivity contribution in [1.82, 2.24) is 9.97 Å². The summed E-state index contributed by atoms with van der Waals surface area (Å²) in [4.78, 5) is 18.0. The normalized spacial score (nSPS) is 9.29. The highest BCUT2D eigenvalue weighted by Crippen LogP contribution is 2.15. The number of halogens is 1. The van der Waals surface area contributed by atoms with Gasteiger partial charge < -0.3 is 4.98 Å². The molecule has 1 rings (SSSR count). The minimum Gasteiger partial charge on any atom is -0.301 e. The molecule has 14 heavy (non-hydrogen) atoms. The zero-order valence-corrected chi connectivity index (χ0v) is 11.1. The van der Waals surface area contributed by atoms with Crippen LogP contribution in [0.5, 0.6) is 0 Å². The summed E-state index contributed by atoms with van der Waals surface area (Å²) in [5, 5.41) is 1.36. The Morgan fingerprint density at radius 3 is 3.14 bits per heavy atom. The van der Waals surface area contributed by atoms with E-state index in [4.69, 9.17) is 0 Å². The molecule has 3 nitrogen and oxygen atoms in total. The molecule has 0 saturated carbocycles. The molecule has 1 aromatic rings. The van der Waals surface area contributed by atoms with Crippen molar-refractivity contribution < 1.29 is 0 Å².